The quantitative estimate of drug-likeness (QED) is 0.642. The fourth-order valence-electron chi connectivity index (χ4n) is 2.10. The van der Waals surface area contributed by atoms with Crippen LogP contribution in [-0.2, 0) is 4.79 Å². The van der Waals surface area contributed by atoms with E-state index in [-0.39, 0.29) is 5.91 Å². The zero-order valence-electron chi connectivity index (χ0n) is 9.93. The maximum atomic E-state index is 11.4. The molecule has 0 aromatic heterocycles. The Labute approximate surface area is 97.7 Å². The molecule has 16 heavy (non-hydrogen) atoms. The molecule has 0 atom stereocenters. The molecule has 0 aliphatic heterocycles. The summed E-state index contributed by atoms with van der Waals surface area (Å²) in [6, 6.07) is 0. The number of nitrogens with one attached hydrogen (secondary N) is 2. The van der Waals surface area contributed by atoms with Crippen molar-refractivity contribution in [3.63, 3.8) is 0 Å². The molecule has 0 bridgehead atoms. The highest BCUT2D eigenvalue weighted by Crippen LogP contribution is 2.27. The van der Waals surface area contributed by atoms with E-state index in [9.17, 15) is 4.79 Å². The topological polar surface area (TPSA) is 41.1 Å². The second kappa shape index (κ2) is 6.04. The van der Waals surface area contributed by atoms with Gasteiger partial charge in [0.25, 0.3) is 0 Å². The molecule has 1 fully saturated rings. The monoisotopic (exact) mass is 222 g/mol. The maximum Gasteiger partial charge on any atom is 0.233 e. The predicted octanol–water partition coefficient (Wildman–Crippen LogP) is 1.60. The Morgan fingerprint density at radius 2 is 2.31 bits per heavy atom. The van der Waals surface area contributed by atoms with Crippen LogP contribution in [-0.4, -0.2) is 25.5 Å². The van der Waals surface area contributed by atoms with E-state index in [2.05, 4.69) is 16.7 Å². The van der Waals surface area contributed by atoms with Crippen molar-refractivity contribution in [2.45, 2.75) is 38.5 Å². The lowest BCUT2D eigenvalue weighted by Gasteiger charge is -2.06. The molecule has 3 heteroatoms. The van der Waals surface area contributed by atoms with Crippen LogP contribution < -0.4 is 10.6 Å². The molecule has 1 amide bonds. The van der Waals surface area contributed by atoms with E-state index >= 15 is 0 Å². The van der Waals surface area contributed by atoms with Gasteiger partial charge in [-0.3, -0.25) is 4.79 Å². The molecule has 1 saturated carbocycles. The van der Waals surface area contributed by atoms with Crippen molar-refractivity contribution in [1.82, 2.24) is 10.6 Å². The lowest BCUT2D eigenvalue weighted by atomic mass is 10.2. The number of carbonyl (C=O) groups excluding carboxylic acids is 1. The molecule has 0 aromatic rings. The number of amides is 1. The number of rotatable bonds is 7. The molecule has 0 saturated heterocycles. The van der Waals surface area contributed by atoms with Crippen LogP contribution >= 0.6 is 0 Å². The smallest absolute Gasteiger partial charge is 0.233 e. The summed E-state index contributed by atoms with van der Waals surface area (Å²) in [6.07, 6.45) is 9.78. The molecule has 2 N–H and O–H groups in total. The summed E-state index contributed by atoms with van der Waals surface area (Å²) < 4.78 is 0. The van der Waals surface area contributed by atoms with Gasteiger partial charge in [0.05, 0.1) is 6.54 Å². The first-order valence-corrected chi connectivity index (χ1v) is 6.50. The fourth-order valence-corrected chi connectivity index (χ4v) is 2.10. The highest BCUT2D eigenvalue weighted by Gasteiger charge is 2.20. The van der Waals surface area contributed by atoms with Crippen LogP contribution in [0.25, 0.3) is 0 Å². The third-order valence-electron chi connectivity index (χ3n) is 3.32. The number of carbonyl (C=O) groups is 1. The van der Waals surface area contributed by atoms with Crippen molar-refractivity contribution in [1.29, 1.82) is 0 Å². The summed E-state index contributed by atoms with van der Waals surface area (Å²) in [5.41, 5.74) is 1.52. The van der Waals surface area contributed by atoms with Crippen LogP contribution in [0.15, 0.2) is 11.6 Å². The predicted molar refractivity (Wildman–Crippen MR) is 65.2 cm³/mol. The normalized spacial score (nSPS) is 19.6. The third kappa shape index (κ3) is 4.35. The van der Waals surface area contributed by atoms with Crippen molar-refractivity contribution in [2.75, 3.05) is 19.6 Å². The Balaban J connectivity index is 1.46. The van der Waals surface area contributed by atoms with Crippen LogP contribution in [0.5, 0.6) is 0 Å². The summed E-state index contributed by atoms with van der Waals surface area (Å²) >= 11 is 0. The summed E-state index contributed by atoms with van der Waals surface area (Å²) in [7, 11) is 0. The molecule has 3 nitrogen and oxygen atoms in total. The molecule has 2 rings (SSSR count). The van der Waals surface area contributed by atoms with Crippen LogP contribution in [0.2, 0.25) is 0 Å². The SMILES string of the molecule is O=C(CNCC1CC1)NCCC1=CCCC1. The van der Waals surface area contributed by atoms with E-state index in [1.54, 1.807) is 0 Å². The molecule has 2 aliphatic rings. The first-order valence-electron chi connectivity index (χ1n) is 6.50. The first kappa shape index (κ1) is 11.6. The lowest BCUT2D eigenvalue weighted by molar-refractivity contribution is -0.120. The summed E-state index contributed by atoms with van der Waals surface area (Å²) in [5.74, 6) is 0.982. The van der Waals surface area contributed by atoms with Gasteiger partial charge in [0.1, 0.15) is 0 Å². The van der Waals surface area contributed by atoms with E-state index in [1.807, 2.05) is 0 Å². The van der Waals surface area contributed by atoms with Gasteiger partial charge in [0.2, 0.25) is 5.91 Å². The van der Waals surface area contributed by atoms with Crippen molar-refractivity contribution >= 4 is 5.91 Å². The van der Waals surface area contributed by atoms with Gasteiger partial charge in [-0.15, -0.1) is 0 Å². The zero-order chi connectivity index (χ0) is 11.2. The van der Waals surface area contributed by atoms with Gasteiger partial charge < -0.3 is 10.6 Å². The van der Waals surface area contributed by atoms with E-state index in [1.165, 1.54) is 37.7 Å². The molecular formula is C13H22N2O. The Morgan fingerprint density at radius 1 is 1.44 bits per heavy atom. The highest BCUT2D eigenvalue weighted by molar-refractivity contribution is 5.77. The van der Waals surface area contributed by atoms with E-state index in [4.69, 9.17) is 0 Å². The van der Waals surface area contributed by atoms with Gasteiger partial charge in [-0.2, -0.15) is 0 Å². The summed E-state index contributed by atoms with van der Waals surface area (Å²) in [6.45, 7) is 2.30. The average molecular weight is 222 g/mol. The molecule has 90 valence electrons. The molecule has 0 unspecified atom stereocenters. The van der Waals surface area contributed by atoms with Gasteiger partial charge in [-0.1, -0.05) is 11.6 Å². The first-order chi connectivity index (χ1) is 7.84. The third-order valence-corrected chi connectivity index (χ3v) is 3.32. The molecule has 0 aromatic carbocycles. The van der Waals surface area contributed by atoms with E-state index < -0.39 is 0 Å². The highest BCUT2D eigenvalue weighted by atomic mass is 16.1. The van der Waals surface area contributed by atoms with Crippen LogP contribution in [0.3, 0.4) is 0 Å². The second-order valence-electron chi connectivity index (χ2n) is 4.93. The average Bonchev–Trinajstić information content (AvgIpc) is 2.94. The number of allylic oxidation sites excluding steroid dienone is 1. The summed E-state index contributed by atoms with van der Waals surface area (Å²) in [4.78, 5) is 11.4. The number of hydrogen-bond donors (Lipinski definition) is 2. The second-order valence-corrected chi connectivity index (χ2v) is 4.93. The number of hydrogen-bond acceptors (Lipinski definition) is 2. The van der Waals surface area contributed by atoms with Gasteiger partial charge in [0.15, 0.2) is 0 Å². The van der Waals surface area contributed by atoms with Crippen molar-refractivity contribution < 1.29 is 4.79 Å². The van der Waals surface area contributed by atoms with Crippen LogP contribution in [0.4, 0.5) is 0 Å². The lowest BCUT2D eigenvalue weighted by Crippen LogP contribution is -2.35. The van der Waals surface area contributed by atoms with Crippen molar-refractivity contribution in [3.05, 3.63) is 11.6 Å². The van der Waals surface area contributed by atoms with E-state index in [0.29, 0.717) is 6.54 Å². The minimum absolute atomic E-state index is 0.138. The maximum absolute atomic E-state index is 11.4. The van der Waals surface area contributed by atoms with Gasteiger partial charge in [0, 0.05) is 6.54 Å². The van der Waals surface area contributed by atoms with Gasteiger partial charge >= 0.3 is 0 Å². The Kier molecular flexibility index (Phi) is 4.40. The van der Waals surface area contributed by atoms with Crippen molar-refractivity contribution in [3.8, 4) is 0 Å². The van der Waals surface area contributed by atoms with Crippen LogP contribution in [0, 0.1) is 5.92 Å². The van der Waals surface area contributed by atoms with Gasteiger partial charge in [-0.05, 0) is 51.0 Å². The minimum atomic E-state index is 0.138. The largest absolute Gasteiger partial charge is 0.355 e. The fraction of sp³-hybridized carbons (Fsp3) is 0.769. The molecule has 0 radical (unpaired) electrons. The molecule has 0 spiro atoms. The van der Waals surface area contributed by atoms with Crippen molar-refractivity contribution in [2.24, 2.45) is 5.92 Å². The Hall–Kier alpha value is -0.830. The minimum Gasteiger partial charge on any atom is -0.355 e. The molecule has 2 aliphatic carbocycles. The van der Waals surface area contributed by atoms with E-state index in [0.717, 1.165) is 25.4 Å². The van der Waals surface area contributed by atoms with Crippen LogP contribution in [0.1, 0.15) is 38.5 Å². The Morgan fingerprint density at radius 3 is 3.00 bits per heavy atom. The standard InChI is InChI=1S/C13H22N2O/c16-13(10-14-9-12-5-6-12)15-8-7-11-3-1-2-4-11/h3,12,14H,1-2,4-10H2,(H,15,16). The molecule has 0 heterocycles. The summed E-state index contributed by atoms with van der Waals surface area (Å²) in [5, 5.41) is 6.16. The van der Waals surface area contributed by atoms with Gasteiger partial charge in [-0.25, -0.2) is 0 Å². The molecular weight excluding hydrogens is 200 g/mol. The Bertz CT molecular complexity index is 269. The zero-order valence-corrected chi connectivity index (χ0v) is 9.93.